The zero-order valence-corrected chi connectivity index (χ0v) is 11.5. The van der Waals surface area contributed by atoms with Crippen molar-refractivity contribution < 1.29 is 5.11 Å². The van der Waals surface area contributed by atoms with Crippen molar-refractivity contribution in [2.75, 3.05) is 6.61 Å². The Morgan fingerprint density at radius 1 is 1.50 bits per heavy atom. The van der Waals surface area contributed by atoms with Crippen molar-refractivity contribution in [2.24, 2.45) is 5.73 Å². The maximum Gasteiger partial charge on any atom is 0.0440 e. The zero-order chi connectivity index (χ0) is 12.2. The van der Waals surface area contributed by atoms with Crippen molar-refractivity contribution in [3.63, 3.8) is 0 Å². The molecule has 2 unspecified atom stereocenters. The second-order valence-electron chi connectivity index (χ2n) is 4.28. The molecule has 1 aromatic carbocycles. The molecule has 0 aromatic heterocycles. The van der Waals surface area contributed by atoms with E-state index in [1.807, 2.05) is 19.1 Å². The van der Waals surface area contributed by atoms with Gasteiger partial charge in [-0.2, -0.15) is 0 Å². The summed E-state index contributed by atoms with van der Waals surface area (Å²) in [6.07, 6.45) is 1.64. The van der Waals surface area contributed by atoms with Crippen LogP contribution in [0.25, 0.3) is 0 Å². The number of halogens is 1. The molecule has 3 heteroatoms. The fraction of sp³-hybridized carbons (Fsp3) is 0.538. The summed E-state index contributed by atoms with van der Waals surface area (Å²) in [7, 11) is 0. The van der Waals surface area contributed by atoms with E-state index >= 15 is 0 Å². The van der Waals surface area contributed by atoms with Crippen LogP contribution in [-0.2, 0) is 5.41 Å². The molecule has 0 fully saturated rings. The zero-order valence-electron chi connectivity index (χ0n) is 9.91. The number of nitrogens with two attached hydrogens (primary N) is 1. The number of aliphatic hydroxyl groups excluding tert-OH is 1. The Labute approximate surface area is 106 Å². The summed E-state index contributed by atoms with van der Waals surface area (Å²) in [4.78, 5) is 0. The maximum atomic E-state index is 9.25. The van der Waals surface area contributed by atoms with Gasteiger partial charge in [-0.05, 0) is 37.5 Å². The lowest BCUT2D eigenvalue weighted by Gasteiger charge is -2.37. The van der Waals surface area contributed by atoms with E-state index < -0.39 is 0 Å². The van der Waals surface area contributed by atoms with Crippen molar-refractivity contribution in [3.05, 3.63) is 34.3 Å². The predicted octanol–water partition coefficient (Wildman–Crippen LogP) is 2.83. The standard InChI is InChI=1S/C13H20BrNO/c1-3-13(7-8-16,10(2)15)11-5-4-6-12(14)9-11/h4-6,9-10,16H,3,7-8,15H2,1-2H3. The Bertz CT molecular complexity index is 340. The third-order valence-corrected chi connectivity index (χ3v) is 3.95. The maximum absolute atomic E-state index is 9.25. The van der Waals surface area contributed by atoms with Crippen LogP contribution in [0, 0.1) is 0 Å². The van der Waals surface area contributed by atoms with Gasteiger partial charge in [-0.15, -0.1) is 0 Å². The van der Waals surface area contributed by atoms with E-state index in [4.69, 9.17) is 5.73 Å². The van der Waals surface area contributed by atoms with Gasteiger partial charge in [0.25, 0.3) is 0 Å². The summed E-state index contributed by atoms with van der Waals surface area (Å²) in [5, 5.41) is 9.25. The highest BCUT2D eigenvalue weighted by Crippen LogP contribution is 2.35. The van der Waals surface area contributed by atoms with Crippen molar-refractivity contribution in [1.82, 2.24) is 0 Å². The van der Waals surface area contributed by atoms with E-state index in [1.165, 1.54) is 5.56 Å². The predicted molar refractivity (Wildman–Crippen MR) is 71.5 cm³/mol. The minimum Gasteiger partial charge on any atom is -0.396 e. The Balaban J connectivity index is 3.18. The number of hydrogen-bond acceptors (Lipinski definition) is 2. The van der Waals surface area contributed by atoms with Gasteiger partial charge in [0.1, 0.15) is 0 Å². The Morgan fingerprint density at radius 2 is 2.19 bits per heavy atom. The molecule has 0 aliphatic carbocycles. The summed E-state index contributed by atoms with van der Waals surface area (Å²) >= 11 is 3.48. The van der Waals surface area contributed by atoms with Crippen molar-refractivity contribution >= 4 is 15.9 Å². The normalized spacial score (nSPS) is 16.8. The van der Waals surface area contributed by atoms with Crippen LogP contribution in [0.2, 0.25) is 0 Å². The minimum atomic E-state index is -0.126. The molecule has 3 N–H and O–H groups in total. The van der Waals surface area contributed by atoms with Gasteiger partial charge in [0, 0.05) is 22.5 Å². The van der Waals surface area contributed by atoms with E-state index in [9.17, 15) is 5.11 Å². The lowest BCUT2D eigenvalue weighted by Crippen LogP contribution is -2.43. The minimum absolute atomic E-state index is 0.0268. The first kappa shape index (κ1) is 13.7. The summed E-state index contributed by atoms with van der Waals surface area (Å²) in [5.41, 5.74) is 7.20. The van der Waals surface area contributed by atoms with Crippen molar-refractivity contribution in [1.29, 1.82) is 0 Å². The molecule has 0 bridgehead atoms. The second kappa shape index (κ2) is 5.80. The van der Waals surface area contributed by atoms with E-state index in [2.05, 4.69) is 35.0 Å². The van der Waals surface area contributed by atoms with Crippen LogP contribution < -0.4 is 5.73 Å². The van der Waals surface area contributed by atoms with Crippen LogP contribution in [0.3, 0.4) is 0 Å². The molecule has 0 aliphatic rings. The van der Waals surface area contributed by atoms with Gasteiger partial charge in [-0.3, -0.25) is 0 Å². The average molecular weight is 286 g/mol. The molecule has 0 heterocycles. The molecule has 0 saturated heterocycles. The molecule has 1 aromatic rings. The van der Waals surface area contributed by atoms with Crippen LogP contribution in [-0.4, -0.2) is 17.8 Å². The molecule has 1 rings (SSSR count). The highest BCUT2D eigenvalue weighted by Gasteiger charge is 2.33. The fourth-order valence-electron chi connectivity index (χ4n) is 2.34. The first-order valence-electron chi connectivity index (χ1n) is 5.69. The second-order valence-corrected chi connectivity index (χ2v) is 5.20. The quantitative estimate of drug-likeness (QED) is 0.874. The van der Waals surface area contributed by atoms with Gasteiger partial charge in [0.15, 0.2) is 0 Å². The molecule has 90 valence electrons. The molecule has 0 amide bonds. The largest absolute Gasteiger partial charge is 0.396 e. The van der Waals surface area contributed by atoms with Crippen molar-refractivity contribution in [2.45, 2.75) is 38.1 Å². The summed E-state index contributed by atoms with van der Waals surface area (Å²) in [5.74, 6) is 0. The van der Waals surface area contributed by atoms with E-state index in [1.54, 1.807) is 0 Å². The van der Waals surface area contributed by atoms with Crippen LogP contribution in [0.1, 0.15) is 32.3 Å². The molecule has 16 heavy (non-hydrogen) atoms. The number of hydrogen-bond donors (Lipinski definition) is 2. The van der Waals surface area contributed by atoms with Crippen molar-refractivity contribution in [3.8, 4) is 0 Å². The number of aliphatic hydroxyl groups is 1. The van der Waals surface area contributed by atoms with E-state index in [0.29, 0.717) is 6.42 Å². The van der Waals surface area contributed by atoms with Crippen LogP contribution in [0.15, 0.2) is 28.7 Å². The first-order chi connectivity index (χ1) is 7.56. The molecule has 0 aliphatic heterocycles. The van der Waals surface area contributed by atoms with Gasteiger partial charge < -0.3 is 10.8 Å². The molecular weight excluding hydrogens is 266 g/mol. The summed E-state index contributed by atoms with van der Waals surface area (Å²) in [6.45, 7) is 4.31. The van der Waals surface area contributed by atoms with Gasteiger partial charge in [-0.25, -0.2) is 0 Å². The summed E-state index contributed by atoms with van der Waals surface area (Å²) < 4.78 is 1.06. The molecule has 0 radical (unpaired) electrons. The highest BCUT2D eigenvalue weighted by atomic mass is 79.9. The lowest BCUT2D eigenvalue weighted by molar-refractivity contribution is 0.213. The molecule has 2 nitrogen and oxygen atoms in total. The summed E-state index contributed by atoms with van der Waals surface area (Å²) in [6, 6.07) is 8.24. The van der Waals surface area contributed by atoms with Crippen LogP contribution in [0.5, 0.6) is 0 Å². The van der Waals surface area contributed by atoms with Gasteiger partial charge >= 0.3 is 0 Å². The highest BCUT2D eigenvalue weighted by molar-refractivity contribution is 9.10. The Hall–Kier alpha value is -0.380. The van der Waals surface area contributed by atoms with Gasteiger partial charge in [-0.1, -0.05) is 35.0 Å². The number of benzene rings is 1. The molecule has 2 atom stereocenters. The smallest absolute Gasteiger partial charge is 0.0440 e. The van der Waals surface area contributed by atoms with E-state index in [-0.39, 0.29) is 18.1 Å². The molecule has 0 spiro atoms. The third-order valence-electron chi connectivity index (χ3n) is 3.46. The van der Waals surface area contributed by atoms with Crippen LogP contribution in [0.4, 0.5) is 0 Å². The Morgan fingerprint density at radius 3 is 2.62 bits per heavy atom. The topological polar surface area (TPSA) is 46.2 Å². The monoisotopic (exact) mass is 285 g/mol. The van der Waals surface area contributed by atoms with Crippen LogP contribution >= 0.6 is 15.9 Å². The average Bonchev–Trinajstić information content (AvgIpc) is 2.25. The van der Waals surface area contributed by atoms with E-state index in [0.717, 1.165) is 10.9 Å². The number of rotatable bonds is 5. The van der Waals surface area contributed by atoms with Gasteiger partial charge in [0.05, 0.1) is 0 Å². The SMILES string of the molecule is CCC(CCO)(c1cccc(Br)c1)C(C)N. The fourth-order valence-corrected chi connectivity index (χ4v) is 2.73. The molecule has 0 saturated carbocycles. The third kappa shape index (κ3) is 2.65. The van der Waals surface area contributed by atoms with Gasteiger partial charge in [0.2, 0.25) is 0 Å². The first-order valence-corrected chi connectivity index (χ1v) is 6.48. The molecular formula is C13H20BrNO. The lowest BCUT2D eigenvalue weighted by atomic mass is 9.71. The Kier molecular flexibility index (Phi) is 4.96.